The summed E-state index contributed by atoms with van der Waals surface area (Å²) in [6.45, 7) is 4.06. The molecule has 0 atom stereocenters. The molecule has 1 N–H and O–H groups in total. The van der Waals surface area contributed by atoms with Crippen LogP contribution in [-0.2, 0) is 0 Å². The Kier molecular flexibility index (Phi) is 5.70. The highest BCUT2D eigenvalue weighted by Gasteiger charge is 2.17. The zero-order chi connectivity index (χ0) is 23.7. The minimum Gasteiger partial charge on any atom is -0.337 e. The summed E-state index contributed by atoms with van der Waals surface area (Å²) in [6.07, 6.45) is 1.66. The Balaban J connectivity index is 1.82. The van der Waals surface area contributed by atoms with Crippen LogP contribution in [0.25, 0.3) is 28.1 Å². The molecule has 5 rings (SSSR count). The van der Waals surface area contributed by atoms with E-state index < -0.39 is 0 Å². The lowest BCUT2D eigenvalue weighted by atomic mass is 10.1. The number of halogens is 1. The number of para-hydroxylation sites is 2. The van der Waals surface area contributed by atoms with E-state index in [-0.39, 0.29) is 6.04 Å². The van der Waals surface area contributed by atoms with Crippen molar-refractivity contribution in [1.29, 1.82) is 5.26 Å². The smallest absolute Gasteiger partial charge is 0.148 e. The van der Waals surface area contributed by atoms with Gasteiger partial charge in [-0.3, -0.25) is 4.99 Å². The second-order valence-corrected chi connectivity index (χ2v) is 8.57. The average molecular weight is 465 g/mol. The Morgan fingerprint density at radius 1 is 1.03 bits per heavy atom. The largest absolute Gasteiger partial charge is 0.337 e. The van der Waals surface area contributed by atoms with Crippen molar-refractivity contribution in [3.63, 3.8) is 0 Å². The topological polar surface area (TPSA) is 78.9 Å². The zero-order valence-corrected chi connectivity index (χ0v) is 19.5. The maximum absolute atomic E-state index is 9.50. The summed E-state index contributed by atoms with van der Waals surface area (Å²) in [5, 5.41) is 14.3. The van der Waals surface area contributed by atoms with E-state index in [0.29, 0.717) is 16.4 Å². The summed E-state index contributed by atoms with van der Waals surface area (Å²) in [7, 11) is 0. The number of nitrogens with one attached hydrogen (secondary N) is 1. The number of rotatable bonds is 4. The van der Waals surface area contributed by atoms with E-state index in [2.05, 4.69) is 27.0 Å². The van der Waals surface area contributed by atoms with Crippen molar-refractivity contribution in [3.05, 3.63) is 94.9 Å². The van der Waals surface area contributed by atoms with Gasteiger partial charge in [-0.15, -0.1) is 0 Å². The van der Waals surface area contributed by atoms with Crippen LogP contribution < -0.4 is 10.7 Å². The molecule has 0 radical (unpaired) electrons. The highest BCUT2D eigenvalue weighted by molar-refractivity contribution is 6.30. The molecule has 0 saturated carbocycles. The quantitative estimate of drug-likeness (QED) is 0.326. The van der Waals surface area contributed by atoms with Gasteiger partial charge in [0, 0.05) is 22.9 Å². The first-order valence-electron chi connectivity index (χ1n) is 10.9. The van der Waals surface area contributed by atoms with Crippen molar-refractivity contribution in [1.82, 2.24) is 14.5 Å². The van der Waals surface area contributed by atoms with Crippen molar-refractivity contribution in [2.45, 2.75) is 19.9 Å². The van der Waals surface area contributed by atoms with Crippen molar-refractivity contribution < 1.29 is 0 Å². The van der Waals surface area contributed by atoms with Gasteiger partial charge in [0.05, 0.1) is 39.0 Å². The van der Waals surface area contributed by atoms with Crippen LogP contribution in [-0.4, -0.2) is 20.6 Å². The van der Waals surface area contributed by atoms with Crippen LogP contribution in [0.4, 0.5) is 11.5 Å². The minimum atomic E-state index is 0.0644. The Hall–Kier alpha value is -4.21. The normalized spacial score (nSPS) is 11.8. The van der Waals surface area contributed by atoms with Crippen molar-refractivity contribution in [3.8, 4) is 23.1 Å². The molecule has 1 aromatic heterocycles. The van der Waals surface area contributed by atoms with Crippen molar-refractivity contribution in [2.75, 3.05) is 5.32 Å². The molecule has 2 aliphatic rings. The lowest BCUT2D eigenvalue weighted by molar-refractivity contribution is 0.805. The average Bonchev–Trinajstić information content (AvgIpc) is 2.84. The van der Waals surface area contributed by atoms with E-state index in [1.165, 1.54) is 0 Å². The summed E-state index contributed by atoms with van der Waals surface area (Å²) in [6, 6.07) is 25.5. The van der Waals surface area contributed by atoms with E-state index >= 15 is 0 Å². The third-order valence-corrected chi connectivity index (χ3v) is 5.61. The molecule has 7 heteroatoms. The highest BCUT2D eigenvalue weighted by atomic mass is 35.5. The molecule has 0 bridgehead atoms. The maximum Gasteiger partial charge on any atom is 0.148 e. The molecule has 0 fully saturated rings. The predicted molar refractivity (Wildman–Crippen MR) is 136 cm³/mol. The maximum atomic E-state index is 9.50. The van der Waals surface area contributed by atoms with Gasteiger partial charge in [0.2, 0.25) is 0 Å². The molecule has 2 aromatic carbocycles. The van der Waals surface area contributed by atoms with Gasteiger partial charge < -0.3 is 9.88 Å². The number of aromatic nitrogens is 3. The number of hydrogen-bond donors (Lipinski definition) is 1. The molecule has 0 spiro atoms. The molecule has 6 nitrogen and oxygen atoms in total. The fourth-order valence-electron chi connectivity index (χ4n) is 3.92. The SMILES string of the molecule is CC(C)N=c1cc2n(-c3ccc(Cl)cc3)c3ccccc3nc-2cc1Nc1ncccc1C#N. The number of anilines is 2. The fraction of sp³-hybridized carbons (Fsp3) is 0.111. The summed E-state index contributed by atoms with van der Waals surface area (Å²) in [5.74, 6) is 0.482. The number of hydrogen-bond acceptors (Lipinski definition) is 5. The molecule has 3 aromatic rings. The lowest BCUT2D eigenvalue weighted by Crippen LogP contribution is -2.17. The number of pyridine rings is 1. The Bertz CT molecular complexity index is 1580. The molecule has 1 aliphatic carbocycles. The molecule has 2 heterocycles. The molecular formula is C27H21ClN6. The van der Waals surface area contributed by atoms with E-state index in [1.54, 1.807) is 18.3 Å². The molecular weight excluding hydrogens is 444 g/mol. The molecule has 0 saturated heterocycles. The van der Waals surface area contributed by atoms with Crippen LogP contribution in [0.3, 0.4) is 0 Å². The summed E-state index contributed by atoms with van der Waals surface area (Å²) in [4.78, 5) is 14.1. The molecule has 166 valence electrons. The summed E-state index contributed by atoms with van der Waals surface area (Å²) < 4.78 is 2.17. The number of nitrogens with zero attached hydrogens (tertiary/aromatic N) is 5. The standard InChI is InChI=1S/C27H21ClN6/c1-17(2)31-23-15-26-24(14-22(23)33-27-18(16-29)6-5-13-30-27)32-21-7-3-4-8-25(21)34(26)20-11-9-19(28)10-12-20/h3-15,17H,1-2H3,(H,30,33). The number of fused-ring (bicyclic) bond motifs is 2. The van der Waals surface area contributed by atoms with Crippen molar-refractivity contribution >= 4 is 34.1 Å². The zero-order valence-electron chi connectivity index (χ0n) is 18.7. The van der Waals surface area contributed by atoms with Crippen LogP contribution in [0.5, 0.6) is 0 Å². The van der Waals surface area contributed by atoms with Crippen LogP contribution in [0.1, 0.15) is 19.4 Å². The van der Waals surface area contributed by atoms with Crippen LogP contribution in [0, 0.1) is 11.3 Å². The van der Waals surface area contributed by atoms with Gasteiger partial charge in [0.1, 0.15) is 11.9 Å². The monoisotopic (exact) mass is 464 g/mol. The second-order valence-electron chi connectivity index (χ2n) is 8.13. The molecule has 0 unspecified atom stereocenters. The fourth-order valence-corrected chi connectivity index (χ4v) is 4.04. The predicted octanol–water partition coefficient (Wildman–Crippen LogP) is 6.10. The minimum absolute atomic E-state index is 0.0644. The van der Waals surface area contributed by atoms with Gasteiger partial charge in [-0.1, -0.05) is 23.7 Å². The van der Waals surface area contributed by atoms with Gasteiger partial charge in [0.15, 0.2) is 0 Å². The first-order valence-corrected chi connectivity index (χ1v) is 11.3. The third kappa shape index (κ3) is 4.09. The van der Waals surface area contributed by atoms with Gasteiger partial charge in [-0.25, -0.2) is 9.97 Å². The molecule has 0 amide bonds. The van der Waals surface area contributed by atoms with Crippen LogP contribution in [0.15, 0.2) is 84.0 Å². The van der Waals surface area contributed by atoms with Crippen LogP contribution >= 0.6 is 11.6 Å². The third-order valence-electron chi connectivity index (χ3n) is 5.36. The number of nitriles is 1. The highest BCUT2D eigenvalue weighted by Crippen LogP contribution is 2.31. The molecule has 34 heavy (non-hydrogen) atoms. The lowest BCUT2D eigenvalue weighted by Gasteiger charge is -2.20. The van der Waals surface area contributed by atoms with E-state index in [9.17, 15) is 5.26 Å². The van der Waals surface area contributed by atoms with E-state index in [1.807, 2.05) is 68.4 Å². The molecule has 1 aliphatic heterocycles. The Labute approximate surface area is 202 Å². The van der Waals surface area contributed by atoms with E-state index in [0.717, 1.165) is 39.2 Å². The number of benzene rings is 3. The first kappa shape index (κ1) is 21.6. The first-order chi connectivity index (χ1) is 16.5. The van der Waals surface area contributed by atoms with Gasteiger partial charge in [-0.2, -0.15) is 5.26 Å². The Morgan fingerprint density at radius 2 is 1.82 bits per heavy atom. The van der Waals surface area contributed by atoms with Gasteiger partial charge in [-0.05, 0) is 74.5 Å². The van der Waals surface area contributed by atoms with Crippen molar-refractivity contribution in [2.24, 2.45) is 4.99 Å². The Morgan fingerprint density at radius 3 is 2.59 bits per heavy atom. The van der Waals surface area contributed by atoms with Gasteiger partial charge in [0.25, 0.3) is 0 Å². The van der Waals surface area contributed by atoms with Crippen LogP contribution in [0.2, 0.25) is 5.02 Å². The summed E-state index contributed by atoms with van der Waals surface area (Å²) in [5.41, 5.74) is 5.70. The summed E-state index contributed by atoms with van der Waals surface area (Å²) >= 11 is 6.17. The van der Waals surface area contributed by atoms with E-state index in [4.69, 9.17) is 21.6 Å². The second kappa shape index (κ2) is 8.97. The van der Waals surface area contributed by atoms with Gasteiger partial charge >= 0.3 is 0 Å².